The van der Waals surface area contributed by atoms with Crippen molar-refractivity contribution in [2.75, 3.05) is 53.0 Å². The molecule has 6 rings (SSSR count). The highest BCUT2D eigenvalue weighted by Crippen LogP contribution is 2.37. The summed E-state index contributed by atoms with van der Waals surface area (Å²) in [5.41, 5.74) is 2.96. The summed E-state index contributed by atoms with van der Waals surface area (Å²) >= 11 is 0. The second kappa shape index (κ2) is 11.8. The third-order valence-electron chi connectivity index (χ3n) is 8.14. The number of likely N-dealkylation sites (tertiary alicyclic amines) is 2. The lowest BCUT2D eigenvalue weighted by Crippen LogP contribution is -2.41. The minimum atomic E-state index is 0.336. The minimum absolute atomic E-state index is 0.336. The van der Waals surface area contributed by atoms with Crippen LogP contribution in [0.3, 0.4) is 0 Å². The summed E-state index contributed by atoms with van der Waals surface area (Å²) in [4.78, 5) is 29.2. The van der Waals surface area contributed by atoms with Crippen LogP contribution in [0.4, 0.5) is 0 Å². The quantitative estimate of drug-likeness (QED) is 0.300. The number of ether oxygens (including phenoxy) is 3. The van der Waals surface area contributed by atoms with Crippen LogP contribution in [0.25, 0.3) is 21.8 Å². The number of H-pyrrole nitrogens is 1. The van der Waals surface area contributed by atoms with Crippen molar-refractivity contribution in [1.82, 2.24) is 24.8 Å². The highest BCUT2D eigenvalue weighted by Gasteiger charge is 2.23. The average molecular weight is 544 g/mol. The summed E-state index contributed by atoms with van der Waals surface area (Å²) in [6, 6.07) is 9.72. The van der Waals surface area contributed by atoms with E-state index in [9.17, 15) is 4.79 Å². The van der Waals surface area contributed by atoms with Gasteiger partial charge in [0.1, 0.15) is 12.1 Å². The zero-order chi connectivity index (χ0) is 27.5. The first kappa shape index (κ1) is 26.5. The second-order valence-corrected chi connectivity index (χ2v) is 11.0. The molecule has 1 N–H and O–H groups in total. The predicted molar refractivity (Wildman–Crippen MR) is 155 cm³/mol. The molecule has 9 heteroatoms. The van der Waals surface area contributed by atoms with Gasteiger partial charge in [0.15, 0.2) is 17.3 Å². The first-order valence-electron chi connectivity index (χ1n) is 14.2. The number of carbonyl (C=O) groups is 1. The van der Waals surface area contributed by atoms with Crippen LogP contribution >= 0.6 is 0 Å². The lowest BCUT2D eigenvalue weighted by atomic mass is 9.97. The first-order chi connectivity index (χ1) is 19.6. The second-order valence-electron chi connectivity index (χ2n) is 11.0. The van der Waals surface area contributed by atoms with Crippen molar-refractivity contribution in [3.8, 4) is 23.1 Å². The number of rotatable bonds is 10. The number of hydrogen-bond donors (Lipinski definition) is 1. The van der Waals surface area contributed by atoms with Gasteiger partial charge in [-0.15, -0.1) is 0 Å². The van der Waals surface area contributed by atoms with Gasteiger partial charge in [-0.25, -0.2) is 9.97 Å². The number of aromatic nitrogens is 3. The summed E-state index contributed by atoms with van der Waals surface area (Å²) in [7, 11) is 1.64. The van der Waals surface area contributed by atoms with E-state index in [1.807, 2.05) is 36.5 Å². The van der Waals surface area contributed by atoms with Gasteiger partial charge in [0, 0.05) is 23.2 Å². The van der Waals surface area contributed by atoms with Crippen LogP contribution in [-0.2, 0) is 4.79 Å². The topological polar surface area (TPSA) is 92.8 Å². The molecule has 2 aliphatic heterocycles. The Labute approximate surface area is 234 Å². The van der Waals surface area contributed by atoms with Crippen LogP contribution < -0.4 is 14.2 Å². The van der Waals surface area contributed by atoms with E-state index >= 15 is 0 Å². The molecular formula is C31H37N5O4. The highest BCUT2D eigenvalue weighted by atomic mass is 16.5. The Balaban J connectivity index is 1.08. The van der Waals surface area contributed by atoms with Crippen LogP contribution in [0.15, 0.2) is 42.9 Å². The fourth-order valence-corrected chi connectivity index (χ4v) is 5.82. The number of aryl methyl sites for hydroxylation is 1. The lowest BCUT2D eigenvalue weighted by molar-refractivity contribution is -0.121. The average Bonchev–Trinajstić information content (AvgIpc) is 3.61. The van der Waals surface area contributed by atoms with Crippen molar-refractivity contribution in [2.24, 2.45) is 5.92 Å². The number of fused-ring (bicyclic) bond motifs is 2. The van der Waals surface area contributed by atoms with Crippen molar-refractivity contribution in [2.45, 2.75) is 32.6 Å². The highest BCUT2D eigenvalue weighted by molar-refractivity contribution is 5.88. The molecule has 0 bridgehead atoms. The van der Waals surface area contributed by atoms with Gasteiger partial charge in [-0.1, -0.05) is 0 Å². The van der Waals surface area contributed by atoms with Gasteiger partial charge < -0.3 is 19.2 Å². The van der Waals surface area contributed by atoms with Gasteiger partial charge in [0.25, 0.3) is 0 Å². The molecule has 4 heterocycles. The number of nitrogens with zero attached hydrogens (tertiary/aromatic N) is 4. The van der Waals surface area contributed by atoms with E-state index in [2.05, 4.69) is 31.7 Å². The van der Waals surface area contributed by atoms with Gasteiger partial charge >= 0.3 is 0 Å². The summed E-state index contributed by atoms with van der Waals surface area (Å²) in [5.74, 6) is 3.22. The third-order valence-corrected chi connectivity index (χ3v) is 8.14. The van der Waals surface area contributed by atoms with E-state index in [-0.39, 0.29) is 0 Å². The molecule has 2 aromatic heterocycles. The van der Waals surface area contributed by atoms with E-state index in [0.29, 0.717) is 54.5 Å². The number of aromatic amines is 1. The Morgan fingerprint density at radius 2 is 1.75 bits per heavy atom. The largest absolute Gasteiger partial charge is 0.493 e. The molecule has 0 radical (unpaired) electrons. The Morgan fingerprint density at radius 3 is 2.52 bits per heavy atom. The van der Waals surface area contributed by atoms with E-state index < -0.39 is 0 Å². The summed E-state index contributed by atoms with van der Waals surface area (Å²) in [6.07, 6.45) is 7.95. The number of nitrogens with one attached hydrogen (secondary N) is 1. The van der Waals surface area contributed by atoms with Gasteiger partial charge in [-0.3, -0.25) is 14.6 Å². The molecule has 0 spiro atoms. The molecule has 0 aliphatic carbocycles. The van der Waals surface area contributed by atoms with Crippen LogP contribution in [-0.4, -0.2) is 83.5 Å². The number of benzene rings is 2. The van der Waals surface area contributed by atoms with Gasteiger partial charge in [-0.2, -0.15) is 0 Å². The van der Waals surface area contributed by atoms with Gasteiger partial charge in [0.05, 0.1) is 37.7 Å². The minimum Gasteiger partial charge on any atom is -0.493 e. The first-order valence-corrected chi connectivity index (χ1v) is 14.2. The zero-order valence-electron chi connectivity index (χ0n) is 23.3. The molecular weight excluding hydrogens is 506 g/mol. The number of piperidine rings is 1. The molecule has 0 unspecified atom stereocenters. The molecule has 2 aliphatic rings. The molecule has 0 saturated carbocycles. The fourth-order valence-electron chi connectivity index (χ4n) is 5.82. The molecule has 210 valence electrons. The smallest absolute Gasteiger partial charge is 0.230 e. The summed E-state index contributed by atoms with van der Waals surface area (Å²) < 4.78 is 18.2. The van der Waals surface area contributed by atoms with E-state index in [1.165, 1.54) is 19.2 Å². The molecule has 2 fully saturated rings. The van der Waals surface area contributed by atoms with Crippen molar-refractivity contribution >= 4 is 27.6 Å². The standard InChI is InChI=1S/C31H37N5O4/c1-21-16-32-27-6-5-24(13-25(21)27)40-31-26-14-29(38-2)30(15-28(26)33-20-34-31)39-19-22-7-11-36(12-8-22)18-23(37)17-35-9-3-4-10-35/h5-6,13-16,20,22,32H,3-4,7-12,17-19H2,1-2H3. The monoisotopic (exact) mass is 543 g/mol. The van der Waals surface area contributed by atoms with Crippen LogP contribution in [0.1, 0.15) is 31.2 Å². The number of methoxy groups -OCH3 is 1. The normalized spacial score (nSPS) is 17.1. The Morgan fingerprint density at radius 1 is 0.975 bits per heavy atom. The van der Waals surface area contributed by atoms with Crippen molar-refractivity contribution < 1.29 is 19.0 Å². The maximum absolute atomic E-state index is 12.5. The van der Waals surface area contributed by atoms with Crippen molar-refractivity contribution in [1.29, 1.82) is 0 Å². The van der Waals surface area contributed by atoms with Crippen molar-refractivity contribution in [3.63, 3.8) is 0 Å². The molecule has 0 amide bonds. The third kappa shape index (κ3) is 5.90. The predicted octanol–water partition coefficient (Wildman–Crippen LogP) is 4.98. The maximum atomic E-state index is 12.5. The van der Waals surface area contributed by atoms with E-state index in [1.54, 1.807) is 7.11 Å². The van der Waals surface area contributed by atoms with Crippen LogP contribution in [0.5, 0.6) is 23.1 Å². The van der Waals surface area contributed by atoms with Crippen molar-refractivity contribution in [3.05, 3.63) is 48.4 Å². The summed E-state index contributed by atoms with van der Waals surface area (Å²) in [6.45, 7) is 7.81. The number of Topliss-reactive ketones (excluding diaryl/α,β-unsaturated/α-hetero) is 1. The molecule has 9 nitrogen and oxygen atoms in total. The maximum Gasteiger partial charge on any atom is 0.230 e. The van der Waals surface area contributed by atoms with E-state index in [0.717, 1.165) is 66.4 Å². The SMILES string of the molecule is COc1cc2c(Oc3ccc4[nH]cc(C)c4c3)ncnc2cc1OCC1CCN(CC(=O)CN2CCCC2)CC1. The Kier molecular flexibility index (Phi) is 7.84. The number of ketones is 1. The molecule has 2 aromatic carbocycles. The van der Waals surface area contributed by atoms with Gasteiger partial charge in [0.2, 0.25) is 5.88 Å². The number of hydrogen-bond acceptors (Lipinski definition) is 8. The Hall–Kier alpha value is -3.69. The number of carbonyl (C=O) groups excluding carboxylic acids is 1. The fraction of sp³-hybridized carbons (Fsp3) is 0.452. The van der Waals surface area contributed by atoms with Crippen LogP contribution in [0.2, 0.25) is 0 Å². The van der Waals surface area contributed by atoms with Gasteiger partial charge in [-0.05, 0) is 94.5 Å². The molecule has 0 atom stereocenters. The zero-order valence-corrected chi connectivity index (χ0v) is 23.3. The molecule has 2 saturated heterocycles. The van der Waals surface area contributed by atoms with Crippen LogP contribution in [0, 0.1) is 12.8 Å². The molecule has 40 heavy (non-hydrogen) atoms. The Bertz CT molecular complexity index is 1490. The van der Waals surface area contributed by atoms with E-state index in [4.69, 9.17) is 14.2 Å². The summed E-state index contributed by atoms with van der Waals surface area (Å²) in [5, 5.41) is 1.87. The molecule has 4 aromatic rings. The lowest BCUT2D eigenvalue weighted by Gasteiger charge is -2.31.